The molecule has 62 heavy (non-hydrogen) atoms. The van der Waals surface area contributed by atoms with Crippen LogP contribution in [0.1, 0.15) is 0 Å². The first-order chi connectivity index (χ1) is 30.6. The number of nitrogens with zero attached hydrogens (tertiary/aromatic N) is 3. The molecule has 0 N–H and O–H groups in total. The lowest BCUT2D eigenvalue weighted by Crippen LogP contribution is -2.29. The predicted molar refractivity (Wildman–Crippen MR) is 254 cm³/mol. The fraction of sp³-hybridized carbons (Fsp3) is 0. The maximum atomic E-state index is 16.8. The molecule has 0 aliphatic carbocycles. The highest BCUT2D eigenvalue weighted by Crippen LogP contribution is 2.67. The SMILES string of the molecule is O=S1(=O)c2c(-n3c4ccccc4c4ccccc43)cc3cccc4c3c2N2c3c-4cc(-c4ccccc4)cc3-c3cccc4cc(-n5c6ccccc6c6ccccc65)c1c2c34. The Bertz CT molecular complexity index is 3830. The molecule has 0 saturated heterocycles. The van der Waals surface area contributed by atoms with E-state index >= 15 is 8.42 Å². The summed E-state index contributed by atoms with van der Waals surface area (Å²) in [5.41, 5.74) is 14.1. The Morgan fingerprint density at radius 2 is 0.742 bits per heavy atom. The van der Waals surface area contributed by atoms with Crippen LogP contribution in [-0.4, -0.2) is 17.6 Å². The average molecular weight is 810 g/mol. The van der Waals surface area contributed by atoms with Gasteiger partial charge in [0.25, 0.3) is 0 Å². The van der Waals surface area contributed by atoms with Crippen LogP contribution < -0.4 is 4.90 Å². The summed E-state index contributed by atoms with van der Waals surface area (Å²) in [5.74, 6) is 0. The molecule has 2 aromatic heterocycles. The number of hydrogen-bond donors (Lipinski definition) is 0. The second kappa shape index (κ2) is 11.3. The summed E-state index contributed by atoms with van der Waals surface area (Å²) in [6.45, 7) is 0. The fourth-order valence-corrected chi connectivity index (χ4v) is 13.4. The van der Waals surface area contributed by atoms with Crippen LogP contribution >= 0.6 is 0 Å². The van der Waals surface area contributed by atoms with Crippen LogP contribution in [0.3, 0.4) is 0 Å². The van der Waals surface area contributed by atoms with E-state index in [1.807, 2.05) is 24.3 Å². The van der Waals surface area contributed by atoms with Crippen LogP contribution in [0.4, 0.5) is 17.1 Å². The Morgan fingerprint density at radius 1 is 0.339 bits per heavy atom. The third-order valence-electron chi connectivity index (χ3n) is 13.8. The lowest BCUT2D eigenvalue weighted by molar-refractivity contribution is 0.594. The van der Waals surface area contributed by atoms with Crippen LogP contribution in [0.2, 0.25) is 0 Å². The average Bonchev–Trinajstić information content (AvgIpc) is 3.83. The van der Waals surface area contributed by atoms with Gasteiger partial charge in [-0.25, -0.2) is 8.42 Å². The van der Waals surface area contributed by atoms with E-state index in [-0.39, 0.29) is 0 Å². The molecule has 15 rings (SSSR count). The topological polar surface area (TPSA) is 47.2 Å². The smallest absolute Gasteiger partial charge is 0.214 e. The molecule has 6 heteroatoms. The second-order valence-electron chi connectivity index (χ2n) is 16.8. The highest BCUT2D eigenvalue weighted by molar-refractivity contribution is 7.92. The zero-order valence-corrected chi connectivity index (χ0v) is 33.8. The van der Waals surface area contributed by atoms with E-state index in [2.05, 4.69) is 178 Å². The highest BCUT2D eigenvalue weighted by Gasteiger charge is 2.48. The Balaban J connectivity index is 1.20. The predicted octanol–water partition coefficient (Wildman–Crippen LogP) is 14.4. The number of rotatable bonds is 3. The zero-order chi connectivity index (χ0) is 40.6. The van der Waals surface area contributed by atoms with Crippen molar-refractivity contribution in [2.24, 2.45) is 0 Å². The molecule has 5 nitrogen and oxygen atoms in total. The van der Waals surface area contributed by atoms with E-state index in [9.17, 15) is 0 Å². The van der Waals surface area contributed by atoms with Crippen LogP contribution in [0.15, 0.2) is 198 Å². The molecule has 288 valence electrons. The van der Waals surface area contributed by atoms with Crippen LogP contribution in [0.5, 0.6) is 0 Å². The summed E-state index contributed by atoms with van der Waals surface area (Å²) in [4.78, 5) is 2.99. The molecule has 0 unspecified atom stereocenters. The van der Waals surface area contributed by atoms with E-state index in [4.69, 9.17) is 0 Å². The second-order valence-corrected chi connectivity index (χ2v) is 18.6. The van der Waals surface area contributed by atoms with Crippen molar-refractivity contribution < 1.29 is 8.42 Å². The largest absolute Gasteiger partial charge is 0.308 e. The standard InChI is InChI=1S/C56H31N3O2S/c60-62(61)55-48(57-44-24-8-4-18-36(44)37-19-5-9-25-45(37)57)30-33-16-12-22-40-42-28-35(32-14-2-1-3-15-32)29-43-41-23-13-17-34-31-49(56(62)54(51(34)41)59(52(42)43)53(55)50(33)40)58-46-26-10-6-20-38(46)39-21-7-11-27-47(39)58/h1-31H. The quantitative estimate of drug-likeness (QED) is 0.179. The summed E-state index contributed by atoms with van der Waals surface area (Å²) in [5, 5.41) is 8.17. The Hall–Kier alpha value is -7.93. The first-order valence-corrected chi connectivity index (χ1v) is 22.5. The Morgan fingerprint density at radius 3 is 1.18 bits per heavy atom. The minimum absolute atomic E-state index is 0.320. The van der Waals surface area contributed by atoms with Gasteiger partial charge in [-0.05, 0) is 81.6 Å². The minimum atomic E-state index is -4.30. The first-order valence-electron chi connectivity index (χ1n) is 21.0. The first kappa shape index (κ1) is 32.9. The van der Waals surface area contributed by atoms with Crippen LogP contribution in [0.25, 0.3) is 110 Å². The molecule has 0 radical (unpaired) electrons. The maximum Gasteiger partial charge on any atom is 0.214 e. The highest BCUT2D eigenvalue weighted by atomic mass is 32.2. The third kappa shape index (κ3) is 3.84. The Kier molecular flexibility index (Phi) is 5.97. The van der Waals surface area contributed by atoms with Gasteiger partial charge >= 0.3 is 0 Å². The molecule has 0 bridgehead atoms. The molecule has 3 aliphatic heterocycles. The molecule has 0 fully saturated rings. The van der Waals surface area contributed by atoms with E-state index in [1.165, 1.54) is 0 Å². The van der Waals surface area contributed by atoms with Gasteiger partial charge in [-0.15, -0.1) is 0 Å². The number of fused-ring (bicyclic) bond motifs is 8. The molecule has 12 aromatic rings. The fourth-order valence-electron chi connectivity index (χ4n) is 11.4. The molecule has 10 aromatic carbocycles. The number of para-hydroxylation sites is 4. The summed E-state index contributed by atoms with van der Waals surface area (Å²) < 4.78 is 37.9. The summed E-state index contributed by atoms with van der Waals surface area (Å²) in [7, 11) is -4.30. The maximum absolute atomic E-state index is 16.8. The molecule has 0 spiro atoms. The van der Waals surface area contributed by atoms with Gasteiger partial charge in [0.05, 0.1) is 50.5 Å². The normalized spacial score (nSPS) is 14.0. The van der Waals surface area contributed by atoms with Gasteiger partial charge in [0.15, 0.2) is 0 Å². The van der Waals surface area contributed by atoms with Crippen molar-refractivity contribution in [3.05, 3.63) is 188 Å². The van der Waals surface area contributed by atoms with E-state index in [0.717, 1.165) is 116 Å². The number of anilines is 3. The van der Waals surface area contributed by atoms with Gasteiger partial charge in [-0.2, -0.15) is 0 Å². The van der Waals surface area contributed by atoms with Crippen molar-refractivity contribution >= 4 is 92.1 Å². The molecular formula is C56H31N3O2S. The van der Waals surface area contributed by atoms with Gasteiger partial charge in [-0.1, -0.05) is 140 Å². The van der Waals surface area contributed by atoms with Crippen molar-refractivity contribution in [3.63, 3.8) is 0 Å². The van der Waals surface area contributed by atoms with Gasteiger partial charge in [0, 0.05) is 43.4 Å². The molecule has 0 saturated carbocycles. The molecule has 5 heterocycles. The molecule has 0 atom stereocenters. The van der Waals surface area contributed by atoms with Gasteiger partial charge in [0.2, 0.25) is 9.84 Å². The minimum Gasteiger partial charge on any atom is -0.308 e. The summed E-state index contributed by atoms with van der Waals surface area (Å²) in [6.07, 6.45) is 0. The van der Waals surface area contributed by atoms with Crippen molar-refractivity contribution in [1.82, 2.24) is 9.13 Å². The molecular weight excluding hydrogens is 779 g/mol. The number of aromatic nitrogens is 2. The number of sulfone groups is 1. The number of hydrogen-bond acceptors (Lipinski definition) is 3. The Labute approximate surface area is 355 Å². The van der Waals surface area contributed by atoms with Gasteiger partial charge in [0.1, 0.15) is 9.79 Å². The third-order valence-corrected chi connectivity index (χ3v) is 15.7. The van der Waals surface area contributed by atoms with E-state index in [1.54, 1.807) is 0 Å². The van der Waals surface area contributed by atoms with Crippen molar-refractivity contribution in [3.8, 4) is 44.8 Å². The van der Waals surface area contributed by atoms with Crippen LogP contribution in [-0.2, 0) is 9.84 Å². The molecule has 0 amide bonds. The van der Waals surface area contributed by atoms with E-state index in [0.29, 0.717) is 21.2 Å². The molecule has 3 aliphatic rings. The van der Waals surface area contributed by atoms with Crippen molar-refractivity contribution in [2.75, 3.05) is 4.90 Å². The monoisotopic (exact) mass is 809 g/mol. The summed E-state index contributed by atoms with van der Waals surface area (Å²) in [6, 6.07) is 65.8. The van der Waals surface area contributed by atoms with Crippen molar-refractivity contribution in [2.45, 2.75) is 9.79 Å². The lowest BCUT2D eigenvalue weighted by Gasteiger charge is -2.44. The van der Waals surface area contributed by atoms with Gasteiger partial charge < -0.3 is 14.0 Å². The van der Waals surface area contributed by atoms with Crippen molar-refractivity contribution in [1.29, 1.82) is 0 Å². The van der Waals surface area contributed by atoms with Gasteiger partial charge in [-0.3, -0.25) is 0 Å². The lowest BCUT2D eigenvalue weighted by atomic mass is 9.81. The van der Waals surface area contributed by atoms with E-state index < -0.39 is 9.84 Å². The number of benzene rings is 10. The van der Waals surface area contributed by atoms with Crippen LogP contribution in [0, 0.1) is 0 Å². The summed E-state index contributed by atoms with van der Waals surface area (Å²) >= 11 is 0. The zero-order valence-electron chi connectivity index (χ0n) is 33.0.